The number of nitrogen functional groups attached to an aromatic ring is 1. The third kappa shape index (κ3) is 2.61. The second kappa shape index (κ2) is 5.15. The Morgan fingerprint density at radius 1 is 1.38 bits per heavy atom. The van der Waals surface area contributed by atoms with Crippen LogP contribution < -0.4 is 15.2 Å². The van der Waals surface area contributed by atoms with Crippen LogP contribution >= 0.6 is 0 Å². The van der Waals surface area contributed by atoms with Crippen molar-refractivity contribution in [3.8, 4) is 5.75 Å². The zero-order valence-corrected chi connectivity index (χ0v) is 12.9. The fraction of sp³-hybridized carbons (Fsp3) is 0.571. The summed E-state index contributed by atoms with van der Waals surface area (Å²) in [5.74, 6) is 0.304. The van der Waals surface area contributed by atoms with Crippen molar-refractivity contribution in [3.63, 3.8) is 0 Å². The minimum Gasteiger partial charge on any atom is -0.495 e. The molecule has 0 aliphatic carbocycles. The Morgan fingerprint density at radius 3 is 2.71 bits per heavy atom. The number of hydrogen-bond acceptors (Lipinski definition) is 5. The molecule has 3 atom stereocenters. The van der Waals surface area contributed by atoms with E-state index in [1.165, 1.54) is 13.2 Å². The topological polar surface area (TPSA) is 90.7 Å². The molecule has 21 heavy (non-hydrogen) atoms. The Labute approximate surface area is 124 Å². The van der Waals surface area contributed by atoms with E-state index in [-0.39, 0.29) is 23.1 Å². The fourth-order valence-corrected chi connectivity index (χ4v) is 4.53. The average Bonchev–Trinajstić information content (AvgIpc) is 3.03. The van der Waals surface area contributed by atoms with Gasteiger partial charge in [-0.3, -0.25) is 0 Å². The van der Waals surface area contributed by atoms with Gasteiger partial charge in [0.15, 0.2) is 0 Å². The molecule has 6 nitrogen and oxygen atoms in total. The van der Waals surface area contributed by atoms with Gasteiger partial charge in [0.2, 0.25) is 10.0 Å². The highest BCUT2D eigenvalue weighted by atomic mass is 32.2. The van der Waals surface area contributed by atoms with Crippen LogP contribution in [0, 0.1) is 6.92 Å². The molecule has 2 bridgehead atoms. The first-order chi connectivity index (χ1) is 9.90. The molecule has 3 rings (SSSR count). The Kier molecular flexibility index (Phi) is 3.59. The van der Waals surface area contributed by atoms with E-state index in [9.17, 15) is 8.42 Å². The molecule has 0 radical (unpaired) electrons. The number of nitrogens with one attached hydrogen (secondary N) is 1. The van der Waals surface area contributed by atoms with Crippen molar-refractivity contribution in [1.82, 2.24) is 4.72 Å². The van der Waals surface area contributed by atoms with Crippen LogP contribution in [0.3, 0.4) is 0 Å². The number of methoxy groups -OCH3 is 1. The lowest BCUT2D eigenvalue weighted by molar-refractivity contribution is 0.0996. The van der Waals surface area contributed by atoms with Gasteiger partial charge in [0, 0.05) is 5.69 Å². The number of hydrogen-bond donors (Lipinski definition) is 2. The summed E-state index contributed by atoms with van der Waals surface area (Å²) in [5, 5.41) is 0. The number of anilines is 1. The number of benzene rings is 1. The van der Waals surface area contributed by atoms with Gasteiger partial charge in [-0.25, -0.2) is 13.1 Å². The summed E-state index contributed by atoms with van der Waals surface area (Å²) in [6, 6.07) is 2.92. The van der Waals surface area contributed by atoms with E-state index in [4.69, 9.17) is 15.2 Å². The van der Waals surface area contributed by atoms with Crippen molar-refractivity contribution in [2.45, 2.75) is 49.3 Å². The highest BCUT2D eigenvalue weighted by molar-refractivity contribution is 7.89. The summed E-state index contributed by atoms with van der Waals surface area (Å²) in [6.07, 6.45) is 2.83. The lowest BCUT2D eigenvalue weighted by Crippen LogP contribution is -2.41. The molecule has 2 aliphatic rings. The molecule has 2 aliphatic heterocycles. The van der Waals surface area contributed by atoms with Crippen molar-refractivity contribution in [2.24, 2.45) is 0 Å². The van der Waals surface area contributed by atoms with E-state index in [0.717, 1.165) is 24.8 Å². The first kappa shape index (κ1) is 14.6. The molecule has 1 aromatic carbocycles. The molecule has 116 valence electrons. The number of aryl methyl sites for hydroxylation is 1. The van der Waals surface area contributed by atoms with E-state index in [1.54, 1.807) is 6.07 Å². The van der Waals surface area contributed by atoms with Gasteiger partial charge in [0.05, 0.1) is 25.4 Å². The third-order valence-electron chi connectivity index (χ3n) is 4.25. The first-order valence-electron chi connectivity index (χ1n) is 7.02. The smallest absolute Gasteiger partial charge is 0.244 e. The fourth-order valence-electron chi connectivity index (χ4n) is 3.07. The number of sulfonamides is 1. The Bertz CT molecular complexity index is 659. The van der Waals surface area contributed by atoms with Crippen LogP contribution in [0.1, 0.15) is 24.8 Å². The van der Waals surface area contributed by atoms with Crippen molar-refractivity contribution >= 4 is 15.7 Å². The number of nitrogens with two attached hydrogens (primary N) is 1. The first-order valence-corrected chi connectivity index (χ1v) is 8.51. The van der Waals surface area contributed by atoms with Gasteiger partial charge in [0.25, 0.3) is 0 Å². The number of rotatable bonds is 4. The van der Waals surface area contributed by atoms with Crippen LogP contribution in [0.15, 0.2) is 17.0 Å². The van der Waals surface area contributed by atoms with Crippen molar-refractivity contribution in [2.75, 3.05) is 12.8 Å². The van der Waals surface area contributed by atoms with Crippen molar-refractivity contribution in [3.05, 3.63) is 17.7 Å². The quantitative estimate of drug-likeness (QED) is 0.815. The summed E-state index contributed by atoms with van der Waals surface area (Å²) in [4.78, 5) is 0.0795. The standard InChI is InChI=1S/C14H20N2O4S/c1-8-5-13(19-2)14(7-10(8)15)21(17,18)16-11-6-9-3-4-12(11)20-9/h5,7,9,11-12,16H,3-4,6,15H2,1-2H3. The number of fused-ring (bicyclic) bond motifs is 2. The summed E-state index contributed by atoms with van der Waals surface area (Å²) in [7, 11) is -2.23. The minimum atomic E-state index is -3.68. The number of ether oxygens (including phenoxy) is 2. The van der Waals surface area contributed by atoms with Crippen LogP contribution in [-0.4, -0.2) is 33.8 Å². The predicted molar refractivity (Wildman–Crippen MR) is 78.8 cm³/mol. The lowest BCUT2D eigenvalue weighted by Gasteiger charge is -2.21. The molecular formula is C14H20N2O4S. The third-order valence-corrected chi connectivity index (χ3v) is 5.77. The van der Waals surface area contributed by atoms with Gasteiger partial charge in [-0.1, -0.05) is 0 Å². The molecule has 3 unspecified atom stereocenters. The molecule has 1 aromatic rings. The predicted octanol–water partition coefficient (Wildman–Crippen LogP) is 1.18. The molecule has 7 heteroatoms. The summed E-state index contributed by atoms with van der Waals surface area (Å²) in [6.45, 7) is 1.81. The molecule has 0 spiro atoms. The molecular weight excluding hydrogens is 292 g/mol. The van der Waals surface area contributed by atoms with E-state index in [0.29, 0.717) is 11.4 Å². The molecule has 0 amide bonds. The van der Waals surface area contributed by atoms with Gasteiger partial charge in [0.1, 0.15) is 10.6 Å². The van der Waals surface area contributed by atoms with Gasteiger partial charge in [-0.15, -0.1) is 0 Å². The summed E-state index contributed by atoms with van der Waals surface area (Å²) >= 11 is 0. The van der Waals surface area contributed by atoms with Crippen LogP contribution in [0.25, 0.3) is 0 Å². The summed E-state index contributed by atoms with van der Waals surface area (Å²) in [5.41, 5.74) is 7.05. The Hall–Kier alpha value is -1.31. The largest absolute Gasteiger partial charge is 0.495 e. The van der Waals surface area contributed by atoms with Gasteiger partial charge >= 0.3 is 0 Å². The van der Waals surface area contributed by atoms with Gasteiger partial charge in [-0.2, -0.15) is 0 Å². The van der Waals surface area contributed by atoms with E-state index >= 15 is 0 Å². The van der Waals surface area contributed by atoms with Crippen LogP contribution in [0.5, 0.6) is 5.75 Å². The maximum absolute atomic E-state index is 12.6. The minimum absolute atomic E-state index is 0.0152. The maximum atomic E-state index is 12.6. The SMILES string of the molecule is COc1cc(C)c(N)cc1S(=O)(=O)NC1CC2CCC1O2. The molecule has 0 aromatic heterocycles. The monoisotopic (exact) mass is 312 g/mol. The van der Waals surface area contributed by atoms with Crippen LogP contribution in [-0.2, 0) is 14.8 Å². The molecule has 3 N–H and O–H groups in total. The zero-order valence-electron chi connectivity index (χ0n) is 12.1. The molecule has 2 saturated heterocycles. The van der Waals surface area contributed by atoms with Crippen LogP contribution in [0.2, 0.25) is 0 Å². The zero-order chi connectivity index (χ0) is 15.2. The molecule has 0 saturated carbocycles. The lowest BCUT2D eigenvalue weighted by atomic mass is 9.96. The van der Waals surface area contributed by atoms with Gasteiger partial charge < -0.3 is 15.2 Å². The van der Waals surface area contributed by atoms with E-state index < -0.39 is 10.0 Å². The molecule has 2 fully saturated rings. The second-order valence-electron chi connectivity index (χ2n) is 5.70. The highest BCUT2D eigenvalue weighted by Crippen LogP contribution is 2.36. The van der Waals surface area contributed by atoms with Gasteiger partial charge in [-0.05, 0) is 43.9 Å². The molecule has 2 heterocycles. The second-order valence-corrected chi connectivity index (χ2v) is 7.38. The van der Waals surface area contributed by atoms with E-state index in [1.807, 2.05) is 6.92 Å². The van der Waals surface area contributed by atoms with E-state index in [2.05, 4.69) is 4.72 Å². The van der Waals surface area contributed by atoms with Crippen molar-refractivity contribution < 1.29 is 17.9 Å². The highest BCUT2D eigenvalue weighted by Gasteiger charge is 2.42. The average molecular weight is 312 g/mol. The summed E-state index contributed by atoms with van der Waals surface area (Å²) < 4.78 is 38.8. The van der Waals surface area contributed by atoms with Crippen LogP contribution in [0.4, 0.5) is 5.69 Å². The Balaban J connectivity index is 1.89. The Morgan fingerprint density at radius 2 is 2.14 bits per heavy atom. The normalized spacial score (nSPS) is 28.0. The van der Waals surface area contributed by atoms with Crippen molar-refractivity contribution in [1.29, 1.82) is 0 Å². The maximum Gasteiger partial charge on any atom is 0.244 e.